The second-order valence-corrected chi connectivity index (χ2v) is 4.86. The fourth-order valence-corrected chi connectivity index (χ4v) is 1.88. The van der Waals surface area contributed by atoms with Crippen LogP contribution < -0.4 is 5.32 Å². The van der Waals surface area contributed by atoms with Crippen molar-refractivity contribution in [3.63, 3.8) is 0 Å². The molecule has 0 saturated heterocycles. The van der Waals surface area contributed by atoms with Crippen molar-refractivity contribution in [3.8, 4) is 0 Å². The molecular formula is C15H26N2O. The summed E-state index contributed by atoms with van der Waals surface area (Å²) in [6.45, 7) is 14.1. The van der Waals surface area contributed by atoms with Crippen molar-refractivity contribution in [2.45, 2.75) is 46.3 Å². The highest BCUT2D eigenvalue weighted by Crippen LogP contribution is 2.15. The summed E-state index contributed by atoms with van der Waals surface area (Å²) in [5, 5.41) is 3.38. The summed E-state index contributed by atoms with van der Waals surface area (Å²) in [6.07, 6.45) is 4.88. The molecule has 1 rings (SSSR count). The molecular weight excluding hydrogens is 224 g/mol. The van der Waals surface area contributed by atoms with Crippen LogP contribution in [0, 0.1) is 0 Å². The van der Waals surface area contributed by atoms with E-state index in [1.165, 1.54) is 5.56 Å². The first-order valence-electron chi connectivity index (χ1n) is 6.80. The van der Waals surface area contributed by atoms with Gasteiger partial charge in [0.2, 0.25) is 0 Å². The normalized spacial score (nSPS) is 11.4. The fraction of sp³-hybridized carbons (Fsp3) is 0.600. The van der Waals surface area contributed by atoms with E-state index in [1.54, 1.807) is 6.26 Å². The number of hydrogen-bond donors (Lipinski definition) is 1. The van der Waals surface area contributed by atoms with Gasteiger partial charge in [0, 0.05) is 24.7 Å². The first-order valence-corrected chi connectivity index (χ1v) is 6.80. The second kappa shape index (κ2) is 8.11. The molecule has 102 valence electrons. The number of nitrogens with zero attached hydrogens (tertiary/aromatic N) is 1. The zero-order chi connectivity index (χ0) is 13.4. The van der Waals surface area contributed by atoms with E-state index < -0.39 is 0 Å². The molecule has 1 aromatic rings. The Balaban J connectivity index is 2.59. The Morgan fingerprint density at radius 1 is 1.50 bits per heavy atom. The molecule has 3 nitrogen and oxygen atoms in total. The van der Waals surface area contributed by atoms with Crippen LogP contribution >= 0.6 is 0 Å². The minimum Gasteiger partial charge on any atom is -0.468 e. The summed E-state index contributed by atoms with van der Waals surface area (Å²) >= 11 is 0. The summed E-state index contributed by atoms with van der Waals surface area (Å²) in [5.74, 6) is 1.05. The summed E-state index contributed by atoms with van der Waals surface area (Å²) in [6, 6.07) is 2.58. The standard InChI is InChI=1S/C15H26N2O/c1-5-8-16-11-15-14(7-10-18-15)12-17(9-6-2)13(3)4/h6-7,10,13,16H,2,5,8-9,11-12H2,1,3-4H3. The van der Waals surface area contributed by atoms with Crippen molar-refractivity contribution < 1.29 is 4.42 Å². The van der Waals surface area contributed by atoms with E-state index in [2.05, 4.69) is 43.6 Å². The Bertz CT molecular complexity index is 344. The molecule has 0 radical (unpaired) electrons. The summed E-state index contributed by atoms with van der Waals surface area (Å²) in [5.41, 5.74) is 1.27. The van der Waals surface area contributed by atoms with E-state index in [4.69, 9.17) is 4.42 Å². The third kappa shape index (κ3) is 4.67. The zero-order valence-corrected chi connectivity index (χ0v) is 11.9. The Morgan fingerprint density at radius 2 is 2.28 bits per heavy atom. The Morgan fingerprint density at radius 3 is 2.89 bits per heavy atom. The van der Waals surface area contributed by atoms with Gasteiger partial charge in [0.05, 0.1) is 12.8 Å². The molecule has 0 unspecified atom stereocenters. The molecule has 0 aromatic carbocycles. The fourth-order valence-electron chi connectivity index (χ4n) is 1.88. The molecule has 0 aliphatic rings. The van der Waals surface area contributed by atoms with Gasteiger partial charge in [-0.25, -0.2) is 0 Å². The van der Waals surface area contributed by atoms with Gasteiger partial charge >= 0.3 is 0 Å². The molecule has 1 heterocycles. The van der Waals surface area contributed by atoms with Gasteiger partial charge in [-0.3, -0.25) is 4.90 Å². The van der Waals surface area contributed by atoms with Crippen LogP contribution in [0.25, 0.3) is 0 Å². The maximum absolute atomic E-state index is 5.55. The van der Waals surface area contributed by atoms with Gasteiger partial charge in [0.25, 0.3) is 0 Å². The summed E-state index contributed by atoms with van der Waals surface area (Å²) in [7, 11) is 0. The average molecular weight is 250 g/mol. The van der Waals surface area contributed by atoms with Crippen LogP contribution in [0.5, 0.6) is 0 Å². The van der Waals surface area contributed by atoms with Crippen molar-refractivity contribution in [1.29, 1.82) is 0 Å². The molecule has 0 aliphatic carbocycles. The van der Waals surface area contributed by atoms with Crippen LogP contribution in [0.15, 0.2) is 29.4 Å². The minimum atomic E-state index is 0.509. The molecule has 3 heteroatoms. The quantitative estimate of drug-likeness (QED) is 0.539. The van der Waals surface area contributed by atoms with Crippen LogP contribution in [0.3, 0.4) is 0 Å². The van der Waals surface area contributed by atoms with Crippen molar-refractivity contribution in [2.75, 3.05) is 13.1 Å². The highest BCUT2D eigenvalue weighted by atomic mass is 16.3. The lowest BCUT2D eigenvalue weighted by atomic mass is 10.2. The van der Waals surface area contributed by atoms with Crippen molar-refractivity contribution in [2.24, 2.45) is 0 Å². The minimum absolute atomic E-state index is 0.509. The number of hydrogen-bond acceptors (Lipinski definition) is 3. The van der Waals surface area contributed by atoms with E-state index in [0.29, 0.717) is 6.04 Å². The molecule has 0 amide bonds. The zero-order valence-electron chi connectivity index (χ0n) is 11.9. The van der Waals surface area contributed by atoms with Crippen LogP contribution in [-0.4, -0.2) is 24.0 Å². The molecule has 1 aromatic heterocycles. The largest absolute Gasteiger partial charge is 0.468 e. The van der Waals surface area contributed by atoms with Gasteiger partial charge in [0.1, 0.15) is 5.76 Å². The second-order valence-electron chi connectivity index (χ2n) is 4.86. The molecule has 0 bridgehead atoms. The SMILES string of the molecule is C=CCN(Cc1ccoc1CNCCC)C(C)C. The Kier molecular flexibility index (Phi) is 6.76. The van der Waals surface area contributed by atoms with Crippen molar-refractivity contribution in [1.82, 2.24) is 10.2 Å². The van der Waals surface area contributed by atoms with Gasteiger partial charge in [-0.1, -0.05) is 13.0 Å². The van der Waals surface area contributed by atoms with E-state index >= 15 is 0 Å². The molecule has 0 atom stereocenters. The summed E-state index contributed by atoms with van der Waals surface area (Å²) < 4.78 is 5.55. The summed E-state index contributed by atoms with van der Waals surface area (Å²) in [4.78, 5) is 2.38. The van der Waals surface area contributed by atoms with E-state index in [0.717, 1.165) is 38.4 Å². The van der Waals surface area contributed by atoms with Crippen LogP contribution in [-0.2, 0) is 13.1 Å². The first kappa shape index (κ1) is 15.0. The van der Waals surface area contributed by atoms with Gasteiger partial charge in [-0.15, -0.1) is 6.58 Å². The molecule has 1 N–H and O–H groups in total. The number of nitrogens with one attached hydrogen (secondary N) is 1. The third-order valence-electron chi connectivity index (χ3n) is 3.02. The molecule has 0 aliphatic heterocycles. The van der Waals surface area contributed by atoms with Crippen molar-refractivity contribution >= 4 is 0 Å². The van der Waals surface area contributed by atoms with Crippen LogP contribution in [0.2, 0.25) is 0 Å². The van der Waals surface area contributed by atoms with Crippen molar-refractivity contribution in [3.05, 3.63) is 36.3 Å². The Labute approximate surface area is 111 Å². The number of rotatable bonds is 9. The molecule has 18 heavy (non-hydrogen) atoms. The Hall–Kier alpha value is -1.06. The van der Waals surface area contributed by atoms with Crippen LogP contribution in [0.1, 0.15) is 38.5 Å². The monoisotopic (exact) mass is 250 g/mol. The maximum Gasteiger partial charge on any atom is 0.122 e. The van der Waals surface area contributed by atoms with E-state index in [1.807, 2.05) is 6.08 Å². The van der Waals surface area contributed by atoms with Crippen LogP contribution in [0.4, 0.5) is 0 Å². The predicted molar refractivity (Wildman–Crippen MR) is 76.4 cm³/mol. The van der Waals surface area contributed by atoms with Gasteiger partial charge < -0.3 is 9.73 Å². The van der Waals surface area contributed by atoms with E-state index in [9.17, 15) is 0 Å². The third-order valence-corrected chi connectivity index (χ3v) is 3.02. The first-order chi connectivity index (χ1) is 8.69. The highest BCUT2D eigenvalue weighted by Gasteiger charge is 2.12. The topological polar surface area (TPSA) is 28.4 Å². The highest BCUT2D eigenvalue weighted by molar-refractivity contribution is 5.17. The average Bonchev–Trinajstić information content (AvgIpc) is 2.76. The van der Waals surface area contributed by atoms with Gasteiger partial charge in [0.15, 0.2) is 0 Å². The molecule has 0 fully saturated rings. The smallest absolute Gasteiger partial charge is 0.122 e. The lowest BCUT2D eigenvalue weighted by Gasteiger charge is -2.24. The molecule has 0 spiro atoms. The lowest BCUT2D eigenvalue weighted by Crippen LogP contribution is -2.30. The predicted octanol–water partition coefficient (Wildman–Crippen LogP) is 3.18. The maximum atomic E-state index is 5.55. The lowest BCUT2D eigenvalue weighted by molar-refractivity contribution is 0.235. The van der Waals surface area contributed by atoms with E-state index in [-0.39, 0.29) is 0 Å². The number of furan rings is 1. The molecule has 0 saturated carbocycles. The van der Waals surface area contributed by atoms with Gasteiger partial charge in [-0.2, -0.15) is 0 Å². The van der Waals surface area contributed by atoms with Gasteiger partial charge in [-0.05, 0) is 32.9 Å².